The Hall–Kier alpha value is -1.66. The maximum absolute atomic E-state index is 12.7. The van der Waals surface area contributed by atoms with Crippen LogP contribution in [0, 0.1) is 0 Å². The second kappa shape index (κ2) is 9.65. The number of methoxy groups -OCH3 is 1. The first-order valence-corrected chi connectivity index (χ1v) is 12.0. The van der Waals surface area contributed by atoms with Crippen LogP contribution in [0.15, 0.2) is 35.2 Å². The number of ether oxygens (including phenoxy) is 5. The number of thioether (sulfide) groups is 1. The van der Waals surface area contributed by atoms with Crippen molar-refractivity contribution >= 4 is 33.5 Å². The molecular weight excluding hydrogens is 436 g/mol. The summed E-state index contributed by atoms with van der Waals surface area (Å²) in [7, 11) is -2.20. The zero-order valence-electron chi connectivity index (χ0n) is 16.8. The van der Waals surface area contributed by atoms with E-state index in [9.17, 15) is 18.0 Å². The van der Waals surface area contributed by atoms with Gasteiger partial charge in [-0.2, -0.15) is 0 Å². The monoisotopic (exact) mass is 460 g/mol. The molecule has 1 aromatic carbocycles. The van der Waals surface area contributed by atoms with Crippen LogP contribution in [-0.2, 0) is 43.1 Å². The largest absolute Gasteiger partial charge is 0.455 e. The smallest absolute Gasteiger partial charge is 0.303 e. The topological polar surface area (TPSA) is 114 Å². The van der Waals surface area contributed by atoms with E-state index in [1.165, 1.54) is 44.9 Å². The minimum atomic E-state index is -3.59. The third-order valence-electron chi connectivity index (χ3n) is 4.64. The van der Waals surface area contributed by atoms with Gasteiger partial charge in [0, 0.05) is 26.7 Å². The van der Waals surface area contributed by atoms with E-state index >= 15 is 0 Å². The molecule has 1 aromatic rings. The van der Waals surface area contributed by atoms with Crippen molar-refractivity contribution in [3.8, 4) is 0 Å². The van der Waals surface area contributed by atoms with Crippen LogP contribution in [0.4, 0.5) is 0 Å². The molecule has 0 bridgehead atoms. The highest BCUT2D eigenvalue weighted by atomic mass is 32.2. The van der Waals surface area contributed by atoms with Crippen LogP contribution in [-0.4, -0.2) is 75.1 Å². The Morgan fingerprint density at radius 3 is 2.30 bits per heavy atom. The predicted molar refractivity (Wildman–Crippen MR) is 106 cm³/mol. The third-order valence-corrected chi connectivity index (χ3v) is 7.75. The number of esters is 2. The van der Waals surface area contributed by atoms with Gasteiger partial charge in [-0.1, -0.05) is 18.2 Å². The highest BCUT2D eigenvalue weighted by molar-refractivity contribution is 8.01. The summed E-state index contributed by atoms with van der Waals surface area (Å²) in [6.07, 6.45) is -4.35. The van der Waals surface area contributed by atoms with Gasteiger partial charge in [0.1, 0.15) is 11.5 Å². The van der Waals surface area contributed by atoms with Gasteiger partial charge in [0.2, 0.25) is 0 Å². The van der Waals surface area contributed by atoms with Crippen molar-refractivity contribution in [2.45, 2.75) is 54.9 Å². The minimum Gasteiger partial charge on any atom is -0.455 e. The molecule has 0 aliphatic carbocycles. The molecule has 3 rings (SSSR count). The number of sulfone groups is 1. The molecule has 0 N–H and O–H groups in total. The van der Waals surface area contributed by atoms with E-state index in [0.29, 0.717) is 5.75 Å². The summed E-state index contributed by atoms with van der Waals surface area (Å²) in [6, 6.07) is 8.09. The lowest BCUT2D eigenvalue weighted by Crippen LogP contribution is -2.64. The molecule has 2 aliphatic heterocycles. The Labute approximate surface area is 179 Å². The van der Waals surface area contributed by atoms with Crippen LogP contribution in [0.25, 0.3) is 0 Å². The average Bonchev–Trinajstić information content (AvgIpc) is 2.69. The summed E-state index contributed by atoms with van der Waals surface area (Å²) in [5, 5.41) is 0. The second-order valence-corrected chi connectivity index (χ2v) is 10.1. The molecule has 2 saturated heterocycles. The summed E-state index contributed by atoms with van der Waals surface area (Å²) in [5.41, 5.74) is -0.713. The van der Waals surface area contributed by atoms with E-state index < -0.39 is 57.9 Å². The van der Waals surface area contributed by atoms with Crippen molar-refractivity contribution in [2.75, 3.05) is 18.6 Å². The van der Waals surface area contributed by atoms with Gasteiger partial charge in [-0.3, -0.25) is 9.59 Å². The maximum Gasteiger partial charge on any atom is 0.303 e. The zero-order chi connectivity index (χ0) is 21.9. The molecule has 0 radical (unpaired) electrons. The summed E-state index contributed by atoms with van der Waals surface area (Å²) in [6.45, 7) is 2.45. The number of hydrogen-bond donors (Lipinski definition) is 0. The lowest BCUT2D eigenvalue weighted by Gasteiger charge is -2.47. The minimum absolute atomic E-state index is 0.199. The zero-order valence-corrected chi connectivity index (χ0v) is 18.4. The Kier molecular flexibility index (Phi) is 7.40. The highest BCUT2D eigenvalue weighted by Gasteiger charge is 2.53. The molecule has 0 saturated carbocycles. The van der Waals surface area contributed by atoms with Crippen LogP contribution in [0.3, 0.4) is 0 Å². The predicted octanol–water partition coefficient (Wildman–Crippen LogP) is 1.15. The summed E-state index contributed by atoms with van der Waals surface area (Å²) >= 11 is 1.29. The van der Waals surface area contributed by atoms with Gasteiger partial charge in [0.25, 0.3) is 0 Å². The SMILES string of the molecule is CO[C@H]1O[C@@H]2CSC(CS(=O)(=O)c3ccccc3)O[C@H]2[C@H](OC(C)=O)[C@H]1OC(C)=O. The van der Waals surface area contributed by atoms with E-state index in [4.69, 9.17) is 23.7 Å². The van der Waals surface area contributed by atoms with Crippen LogP contribution in [0.5, 0.6) is 0 Å². The number of fused-ring (bicyclic) bond motifs is 1. The molecule has 9 nitrogen and oxygen atoms in total. The van der Waals surface area contributed by atoms with Crippen molar-refractivity contribution in [3.05, 3.63) is 30.3 Å². The van der Waals surface area contributed by atoms with Gasteiger partial charge in [0.05, 0.1) is 16.8 Å². The fourth-order valence-electron chi connectivity index (χ4n) is 3.42. The molecular formula is C19H24O9S2. The van der Waals surface area contributed by atoms with Gasteiger partial charge in [-0.05, 0) is 12.1 Å². The van der Waals surface area contributed by atoms with E-state index in [2.05, 4.69) is 0 Å². The van der Waals surface area contributed by atoms with Crippen molar-refractivity contribution in [2.24, 2.45) is 0 Å². The fourth-order valence-corrected chi connectivity index (χ4v) is 6.42. The van der Waals surface area contributed by atoms with Crippen LogP contribution in [0.1, 0.15) is 13.8 Å². The summed E-state index contributed by atoms with van der Waals surface area (Å²) in [4.78, 5) is 23.5. The van der Waals surface area contributed by atoms with Crippen LogP contribution in [0.2, 0.25) is 0 Å². The Bertz CT molecular complexity index is 858. The summed E-state index contributed by atoms with van der Waals surface area (Å²) < 4.78 is 53.3. The first-order valence-electron chi connectivity index (χ1n) is 9.29. The van der Waals surface area contributed by atoms with E-state index in [1.807, 2.05) is 0 Å². The third kappa shape index (κ3) is 5.33. The normalized spacial score (nSPS) is 31.4. The van der Waals surface area contributed by atoms with Crippen molar-refractivity contribution in [1.82, 2.24) is 0 Å². The standard InChI is InChI=1S/C19H24O9S2/c1-11(20)25-17-16-14(27-19(24-3)18(17)26-12(2)21)9-29-15(28-16)10-30(22,23)13-7-5-4-6-8-13/h4-8,14-19H,9-10H2,1-3H3/t14-,15?,16-,17+,18-,19+/m1/s1. The van der Waals surface area contributed by atoms with Crippen molar-refractivity contribution in [3.63, 3.8) is 0 Å². The highest BCUT2D eigenvalue weighted by Crippen LogP contribution is 2.37. The molecule has 11 heteroatoms. The van der Waals surface area contributed by atoms with Gasteiger partial charge >= 0.3 is 11.9 Å². The Balaban J connectivity index is 1.81. The first kappa shape index (κ1) is 23.0. The Morgan fingerprint density at radius 2 is 1.70 bits per heavy atom. The van der Waals surface area contributed by atoms with E-state index in [-0.39, 0.29) is 10.6 Å². The number of carbonyl (C=O) groups is 2. The van der Waals surface area contributed by atoms with Gasteiger partial charge in [-0.25, -0.2) is 8.42 Å². The second-order valence-electron chi connectivity index (χ2n) is 6.88. The lowest BCUT2D eigenvalue weighted by molar-refractivity contribution is -0.301. The van der Waals surface area contributed by atoms with Gasteiger partial charge in [0.15, 0.2) is 28.3 Å². The molecule has 2 heterocycles. The Morgan fingerprint density at radius 1 is 1.07 bits per heavy atom. The molecule has 0 aromatic heterocycles. The first-order chi connectivity index (χ1) is 14.2. The molecule has 30 heavy (non-hydrogen) atoms. The van der Waals surface area contributed by atoms with Crippen molar-refractivity contribution in [1.29, 1.82) is 0 Å². The number of rotatable bonds is 6. The fraction of sp³-hybridized carbons (Fsp3) is 0.579. The van der Waals surface area contributed by atoms with Crippen LogP contribution >= 0.6 is 11.8 Å². The summed E-state index contributed by atoms with van der Waals surface area (Å²) in [5.74, 6) is -1.06. The molecule has 1 unspecified atom stereocenters. The maximum atomic E-state index is 12.7. The molecule has 0 amide bonds. The quantitative estimate of drug-likeness (QED) is 0.573. The average molecular weight is 461 g/mol. The molecule has 0 spiro atoms. The molecule has 2 fully saturated rings. The van der Waals surface area contributed by atoms with Crippen molar-refractivity contribution < 1.29 is 41.7 Å². The molecule has 166 valence electrons. The van der Waals surface area contributed by atoms with E-state index in [1.54, 1.807) is 18.2 Å². The lowest BCUT2D eigenvalue weighted by atomic mass is 9.98. The van der Waals surface area contributed by atoms with Gasteiger partial charge < -0.3 is 23.7 Å². The molecule has 6 atom stereocenters. The van der Waals surface area contributed by atoms with Crippen LogP contribution < -0.4 is 0 Å². The molecule has 2 aliphatic rings. The number of hydrogen-bond acceptors (Lipinski definition) is 10. The number of carbonyl (C=O) groups excluding carboxylic acids is 2. The number of benzene rings is 1. The van der Waals surface area contributed by atoms with Gasteiger partial charge in [-0.15, -0.1) is 11.8 Å². The van der Waals surface area contributed by atoms with E-state index in [0.717, 1.165) is 0 Å².